The number of amides is 1. The smallest absolute Gasteiger partial charge is 0.221 e. The van der Waals surface area contributed by atoms with Crippen LogP contribution in [0.4, 0.5) is 0 Å². The lowest BCUT2D eigenvalue weighted by Crippen LogP contribution is -2.44. The summed E-state index contributed by atoms with van der Waals surface area (Å²) in [6, 6.07) is 8.59. The first-order chi connectivity index (χ1) is 9.65. The molecule has 0 spiro atoms. The highest BCUT2D eigenvalue weighted by Crippen LogP contribution is 2.15. The average molecular weight is 313 g/mol. The zero-order chi connectivity index (χ0) is 14.4. The Morgan fingerprint density at radius 2 is 2.33 bits per heavy atom. The standard InChI is InChI=1S/C16H24N2O2.ClH/c1-12-4-3-5-14(8-12)13(2)10-18-16(19)9-15-11-20-7-6-17-15;/h3-5,8,13,15,17H,6-7,9-11H2,1-2H3,(H,18,19);1H. The highest BCUT2D eigenvalue weighted by atomic mass is 35.5. The lowest BCUT2D eigenvalue weighted by atomic mass is 9.99. The van der Waals surface area contributed by atoms with E-state index in [1.807, 2.05) is 0 Å². The molecule has 118 valence electrons. The second-order valence-corrected chi connectivity index (χ2v) is 5.55. The Morgan fingerprint density at radius 3 is 3.00 bits per heavy atom. The fourth-order valence-electron chi connectivity index (χ4n) is 2.41. The van der Waals surface area contributed by atoms with E-state index in [0.29, 0.717) is 25.5 Å². The first-order valence-corrected chi connectivity index (χ1v) is 7.29. The summed E-state index contributed by atoms with van der Waals surface area (Å²) in [5.74, 6) is 0.418. The summed E-state index contributed by atoms with van der Waals surface area (Å²) in [4.78, 5) is 11.9. The summed E-state index contributed by atoms with van der Waals surface area (Å²) >= 11 is 0. The zero-order valence-corrected chi connectivity index (χ0v) is 13.5. The molecule has 5 heteroatoms. The molecule has 1 aliphatic rings. The van der Waals surface area contributed by atoms with E-state index in [2.05, 4.69) is 48.7 Å². The van der Waals surface area contributed by atoms with Crippen LogP contribution in [0.5, 0.6) is 0 Å². The maximum Gasteiger partial charge on any atom is 0.221 e. The minimum absolute atomic E-state index is 0. The summed E-state index contributed by atoms with van der Waals surface area (Å²) < 4.78 is 5.35. The quantitative estimate of drug-likeness (QED) is 0.874. The van der Waals surface area contributed by atoms with Gasteiger partial charge in [0.1, 0.15) is 0 Å². The van der Waals surface area contributed by atoms with Crippen molar-refractivity contribution >= 4 is 18.3 Å². The second-order valence-electron chi connectivity index (χ2n) is 5.55. The van der Waals surface area contributed by atoms with Crippen LogP contribution in [0.3, 0.4) is 0 Å². The highest BCUT2D eigenvalue weighted by Gasteiger charge is 2.17. The van der Waals surface area contributed by atoms with Gasteiger partial charge in [0.15, 0.2) is 0 Å². The summed E-state index contributed by atoms with van der Waals surface area (Å²) in [6.45, 7) is 7.09. The van der Waals surface area contributed by atoms with Gasteiger partial charge in [0.25, 0.3) is 0 Å². The summed E-state index contributed by atoms with van der Waals surface area (Å²) in [5.41, 5.74) is 2.52. The fraction of sp³-hybridized carbons (Fsp3) is 0.562. The van der Waals surface area contributed by atoms with Crippen LogP contribution in [0.2, 0.25) is 0 Å². The molecule has 0 saturated carbocycles. The normalized spacial score (nSPS) is 19.4. The predicted molar refractivity (Wildman–Crippen MR) is 87.1 cm³/mol. The molecule has 1 fully saturated rings. The van der Waals surface area contributed by atoms with Crippen molar-refractivity contribution in [2.45, 2.75) is 32.2 Å². The van der Waals surface area contributed by atoms with Crippen LogP contribution < -0.4 is 10.6 Å². The van der Waals surface area contributed by atoms with Crippen molar-refractivity contribution in [1.82, 2.24) is 10.6 Å². The minimum atomic E-state index is 0. The maximum atomic E-state index is 11.9. The van der Waals surface area contributed by atoms with Crippen molar-refractivity contribution in [1.29, 1.82) is 0 Å². The second kappa shape index (κ2) is 9.03. The van der Waals surface area contributed by atoms with E-state index in [1.165, 1.54) is 11.1 Å². The fourth-order valence-corrected chi connectivity index (χ4v) is 2.41. The lowest BCUT2D eigenvalue weighted by molar-refractivity contribution is -0.122. The van der Waals surface area contributed by atoms with Gasteiger partial charge in [-0.2, -0.15) is 0 Å². The maximum absolute atomic E-state index is 11.9. The van der Waals surface area contributed by atoms with E-state index >= 15 is 0 Å². The molecule has 2 rings (SSSR count). The molecular weight excluding hydrogens is 288 g/mol. The van der Waals surface area contributed by atoms with Gasteiger partial charge < -0.3 is 15.4 Å². The number of ether oxygens (including phenoxy) is 1. The molecule has 4 nitrogen and oxygen atoms in total. The number of morpholine rings is 1. The Hall–Kier alpha value is -1.10. The molecule has 0 aromatic heterocycles. The van der Waals surface area contributed by atoms with Gasteiger partial charge >= 0.3 is 0 Å². The summed E-state index contributed by atoms with van der Waals surface area (Å²) in [7, 11) is 0. The van der Waals surface area contributed by atoms with Crippen molar-refractivity contribution in [2.75, 3.05) is 26.3 Å². The number of aryl methyl sites for hydroxylation is 1. The molecule has 1 aliphatic heterocycles. The zero-order valence-electron chi connectivity index (χ0n) is 12.7. The minimum Gasteiger partial charge on any atom is -0.378 e. The van der Waals surface area contributed by atoms with E-state index in [4.69, 9.17) is 4.74 Å². The van der Waals surface area contributed by atoms with Crippen molar-refractivity contribution in [3.05, 3.63) is 35.4 Å². The first kappa shape index (κ1) is 18.0. The molecule has 0 aliphatic carbocycles. The van der Waals surface area contributed by atoms with Gasteiger partial charge in [0.2, 0.25) is 5.91 Å². The van der Waals surface area contributed by atoms with Crippen molar-refractivity contribution < 1.29 is 9.53 Å². The van der Waals surface area contributed by atoms with Crippen LogP contribution in [-0.2, 0) is 9.53 Å². The number of hydrogen-bond donors (Lipinski definition) is 2. The number of halogens is 1. The predicted octanol–water partition coefficient (Wildman–Crippen LogP) is 2.02. The van der Waals surface area contributed by atoms with Gasteiger partial charge in [-0.15, -0.1) is 12.4 Å². The van der Waals surface area contributed by atoms with Crippen LogP contribution in [-0.4, -0.2) is 38.3 Å². The molecule has 1 heterocycles. The van der Waals surface area contributed by atoms with E-state index in [1.54, 1.807) is 0 Å². The molecule has 2 unspecified atom stereocenters. The van der Waals surface area contributed by atoms with Crippen molar-refractivity contribution in [3.63, 3.8) is 0 Å². The number of rotatable bonds is 5. The van der Waals surface area contributed by atoms with Crippen LogP contribution in [0.15, 0.2) is 24.3 Å². The molecule has 21 heavy (non-hydrogen) atoms. The molecule has 1 amide bonds. The van der Waals surface area contributed by atoms with Gasteiger partial charge in [0.05, 0.1) is 13.2 Å². The Kier molecular flexibility index (Phi) is 7.72. The number of nitrogens with one attached hydrogen (secondary N) is 2. The monoisotopic (exact) mass is 312 g/mol. The van der Waals surface area contributed by atoms with Crippen LogP contribution in [0.25, 0.3) is 0 Å². The molecule has 0 bridgehead atoms. The Balaban J connectivity index is 0.00000220. The van der Waals surface area contributed by atoms with Crippen molar-refractivity contribution in [3.8, 4) is 0 Å². The number of carbonyl (C=O) groups excluding carboxylic acids is 1. The highest BCUT2D eigenvalue weighted by molar-refractivity contribution is 5.85. The Bertz CT molecular complexity index is 448. The molecule has 1 saturated heterocycles. The summed E-state index contributed by atoms with van der Waals surface area (Å²) in [5, 5.41) is 6.30. The lowest BCUT2D eigenvalue weighted by Gasteiger charge is -2.23. The average Bonchev–Trinajstić information content (AvgIpc) is 2.46. The SMILES string of the molecule is Cc1cccc(C(C)CNC(=O)CC2COCCN2)c1.Cl. The third kappa shape index (κ3) is 6.04. The molecular formula is C16H25ClN2O2. The number of carbonyl (C=O) groups is 1. The van der Waals surface area contributed by atoms with Gasteiger partial charge in [-0.25, -0.2) is 0 Å². The van der Waals surface area contributed by atoms with E-state index in [0.717, 1.165) is 13.2 Å². The van der Waals surface area contributed by atoms with Crippen LogP contribution >= 0.6 is 12.4 Å². The summed E-state index contributed by atoms with van der Waals surface area (Å²) in [6.07, 6.45) is 0.487. The van der Waals surface area contributed by atoms with E-state index in [9.17, 15) is 4.79 Å². The van der Waals surface area contributed by atoms with Crippen LogP contribution in [0.1, 0.15) is 30.4 Å². The number of hydrogen-bond acceptors (Lipinski definition) is 3. The Morgan fingerprint density at radius 1 is 1.52 bits per heavy atom. The topological polar surface area (TPSA) is 50.4 Å². The molecule has 0 radical (unpaired) electrons. The van der Waals surface area contributed by atoms with Gasteiger partial charge in [0, 0.05) is 25.6 Å². The van der Waals surface area contributed by atoms with Crippen LogP contribution in [0, 0.1) is 6.92 Å². The van der Waals surface area contributed by atoms with E-state index < -0.39 is 0 Å². The molecule has 1 aromatic carbocycles. The van der Waals surface area contributed by atoms with E-state index in [-0.39, 0.29) is 24.4 Å². The molecule has 2 N–H and O–H groups in total. The van der Waals surface area contributed by atoms with Gasteiger partial charge in [-0.3, -0.25) is 4.79 Å². The molecule has 2 atom stereocenters. The Labute approximate surface area is 133 Å². The third-order valence-electron chi connectivity index (χ3n) is 3.65. The van der Waals surface area contributed by atoms with Crippen molar-refractivity contribution in [2.24, 2.45) is 0 Å². The molecule has 1 aromatic rings. The third-order valence-corrected chi connectivity index (χ3v) is 3.65. The largest absolute Gasteiger partial charge is 0.378 e. The van der Waals surface area contributed by atoms with Gasteiger partial charge in [-0.1, -0.05) is 36.8 Å². The van der Waals surface area contributed by atoms with Gasteiger partial charge in [-0.05, 0) is 18.4 Å². The first-order valence-electron chi connectivity index (χ1n) is 7.29. The number of benzene rings is 1.